The monoisotopic (exact) mass is 597 g/mol. The van der Waals surface area contributed by atoms with Gasteiger partial charge in [0.2, 0.25) is 5.91 Å². The number of carboxylic acids is 1. The average Bonchev–Trinajstić information content (AvgIpc) is 2.98. The molecule has 0 spiro atoms. The number of halogens is 2. The Hall–Kier alpha value is -3.63. The number of anilines is 1. The molecule has 1 saturated heterocycles. The number of fused-ring (bicyclic) bond motifs is 1. The number of likely N-dealkylation sites (N-methyl/N-ethyl adjacent to an activating group) is 1. The lowest BCUT2D eigenvalue weighted by Crippen LogP contribution is -2.48. The molecule has 1 atom stereocenters. The number of hydrogen-bond donors (Lipinski definition) is 1. The van der Waals surface area contributed by atoms with Gasteiger partial charge < -0.3 is 19.5 Å². The summed E-state index contributed by atoms with van der Waals surface area (Å²) >= 11 is 12.4. The first kappa shape index (κ1) is 28.9. The Morgan fingerprint density at radius 3 is 2.41 bits per heavy atom. The number of carbonyl (C=O) groups is 3. The zero-order valence-corrected chi connectivity index (χ0v) is 23.9. The number of amides is 2. The number of ether oxygens (including phenoxy) is 2. The van der Waals surface area contributed by atoms with Crippen LogP contribution in [-0.2, 0) is 14.3 Å². The number of carboxylic acid groups (broad SMARTS) is 1. The molecule has 1 fully saturated rings. The standard InChI is InChI=1S/C30H29Cl2N3O6/c1-33(28(36)17-35-25-14-23(31)24(32)15-27(25)41-18-29(35)37)26(16-34-9-11-40-12-10-34)22-4-2-3-21(13-22)19-5-7-20(8-6-19)30(38)39/h2-8,13-15,26H,9-12,16-18H2,1H3,(H,38,39). The minimum Gasteiger partial charge on any atom is -0.482 e. The first-order chi connectivity index (χ1) is 19.7. The number of benzene rings is 3. The minimum atomic E-state index is -0.984. The molecule has 2 aliphatic rings. The molecule has 0 saturated carbocycles. The molecule has 5 rings (SSSR count). The van der Waals surface area contributed by atoms with Crippen LogP contribution in [0.5, 0.6) is 5.75 Å². The molecule has 0 aromatic heterocycles. The highest BCUT2D eigenvalue weighted by Gasteiger charge is 2.32. The van der Waals surface area contributed by atoms with Gasteiger partial charge in [0.15, 0.2) is 6.61 Å². The molecule has 11 heteroatoms. The molecule has 2 aliphatic heterocycles. The molecule has 0 aliphatic carbocycles. The van der Waals surface area contributed by atoms with Gasteiger partial charge in [-0.2, -0.15) is 0 Å². The van der Waals surface area contributed by atoms with E-state index >= 15 is 0 Å². The van der Waals surface area contributed by atoms with Gasteiger partial charge in [0.1, 0.15) is 12.3 Å². The minimum absolute atomic E-state index is 0.195. The van der Waals surface area contributed by atoms with Crippen molar-refractivity contribution in [2.24, 2.45) is 0 Å². The molecule has 214 valence electrons. The molecule has 3 aromatic rings. The second-order valence-electron chi connectivity index (χ2n) is 9.94. The van der Waals surface area contributed by atoms with Gasteiger partial charge in [0.25, 0.3) is 5.91 Å². The van der Waals surface area contributed by atoms with Crippen LogP contribution in [-0.4, -0.2) is 85.7 Å². The highest BCUT2D eigenvalue weighted by Crippen LogP contribution is 2.39. The smallest absolute Gasteiger partial charge is 0.335 e. The Bertz CT molecular complexity index is 1460. The van der Waals surface area contributed by atoms with Gasteiger partial charge in [-0.1, -0.05) is 53.5 Å². The lowest BCUT2D eigenvalue weighted by atomic mass is 9.97. The van der Waals surface area contributed by atoms with Gasteiger partial charge in [0, 0.05) is 32.7 Å². The largest absolute Gasteiger partial charge is 0.482 e. The van der Waals surface area contributed by atoms with Crippen LogP contribution in [0.3, 0.4) is 0 Å². The Labute approximate surface area is 247 Å². The van der Waals surface area contributed by atoms with E-state index in [1.165, 1.54) is 11.0 Å². The van der Waals surface area contributed by atoms with Gasteiger partial charge in [-0.3, -0.25) is 19.4 Å². The van der Waals surface area contributed by atoms with Crippen LogP contribution in [0.1, 0.15) is 22.0 Å². The van der Waals surface area contributed by atoms with Crippen LogP contribution in [0.2, 0.25) is 10.0 Å². The Morgan fingerprint density at radius 2 is 1.71 bits per heavy atom. The zero-order chi connectivity index (χ0) is 29.1. The van der Waals surface area contributed by atoms with Crippen molar-refractivity contribution in [3.8, 4) is 16.9 Å². The molecule has 41 heavy (non-hydrogen) atoms. The second-order valence-corrected chi connectivity index (χ2v) is 10.8. The van der Waals surface area contributed by atoms with Crippen molar-refractivity contribution in [1.29, 1.82) is 0 Å². The van der Waals surface area contributed by atoms with Crippen molar-refractivity contribution in [2.45, 2.75) is 6.04 Å². The first-order valence-electron chi connectivity index (χ1n) is 13.1. The zero-order valence-electron chi connectivity index (χ0n) is 22.4. The van der Waals surface area contributed by atoms with Crippen LogP contribution in [0.15, 0.2) is 60.7 Å². The van der Waals surface area contributed by atoms with E-state index in [1.54, 1.807) is 42.3 Å². The molecule has 2 heterocycles. The summed E-state index contributed by atoms with van der Waals surface area (Å²) in [6, 6.07) is 17.3. The van der Waals surface area contributed by atoms with Crippen LogP contribution < -0.4 is 9.64 Å². The Kier molecular flexibility index (Phi) is 8.79. The summed E-state index contributed by atoms with van der Waals surface area (Å²) in [6.45, 7) is 2.88. The topological polar surface area (TPSA) is 99.6 Å². The molecule has 0 radical (unpaired) electrons. The summed E-state index contributed by atoms with van der Waals surface area (Å²) in [5, 5.41) is 9.81. The lowest BCUT2D eigenvalue weighted by molar-refractivity contribution is -0.133. The number of carbonyl (C=O) groups excluding carboxylic acids is 2. The van der Waals surface area contributed by atoms with Gasteiger partial charge >= 0.3 is 5.97 Å². The predicted octanol–water partition coefficient (Wildman–Crippen LogP) is 4.62. The van der Waals surface area contributed by atoms with E-state index in [9.17, 15) is 19.5 Å². The summed E-state index contributed by atoms with van der Waals surface area (Å²) in [4.78, 5) is 43.2. The lowest BCUT2D eigenvalue weighted by Gasteiger charge is -2.37. The third-order valence-electron chi connectivity index (χ3n) is 7.37. The van der Waals surface area contributed by atoms with Gasteiger partial charge in [0.05, 0.1) is 40.6 Å². The fourth-order valence-corrected chi connectivity index (χ4v) is 5.31. The number of aromatic carboxylic acids is 1. The second kappa shape index (κ2) is 12.5. The summed E-state index contributed by atoms with van der Waals surface area (Å²) in [5.41, 5.74) is 3.28. The predicted molar refractivity (Wildman–Crippen MR) is 156 cm³/mol. The van der Waals surface area contributed by atoms with Crippen molar-refractivity contribution >= 4 is 46.7 Å². The van der Waals surface area contributed by atoms with E-state index in [-0.39, 0.29) is 41.6 Å². The van der Waals surface area contributed by atoms with Crippen LogP contribution >= 0.6 is 23.2 Å². The van der Waals surface area contributed by atoms with E-state index in [1.807, 2.05) is 24.3 Å². The number of hydrogen-bond acceptors (Lipinski definition) is 6. The summed E-state index contributed by atoms with van der Waals surface area (Å²) in [5.74, 6) is -1.20. The van der Waals surface area contributed by atoms with Crippen molar-refractivity contribution in [1.82, 2.24) is 9.80 Å². The van der Waals surface area contributed by atoms with Crippen LogP contribution in [0.25, 0.3) is 11.1 Å². The third kappa shape index (κ3) is 6.49. The quantitative estimate of drug-likeness (QED) is 0.404. The first-order valence-corrected chi connectivity index (χ1v) is 13.9. The molecule has 1 N–H and O–H groups in total. The maximum Gasteiger partial charge on any atom is 0.335 e. The van der Waals surface area contributed by atoms with E-state index in [4.69, 9.17) is 32.7 Å². The maximum absolute atomic E-state index is 13.8. The van der Waals surface area contributed by atoms with Crippen LogP contribution in [0.4, 0.5) is 5.69 Å². The van der Waals surface area contributed by atoms with Crippen LogP contribution in [0, 0.1) is 0 Å². The summed E-state index contributed by atoms with van der Waals surface area (Å²) in [6.07, 6.45) is 0. The SMILES string of the molecule is CN(C(=O)CN1C(=O)COc2cc(Cl)c(Cl)cc21)C(CN1CCOCC1)c1cccc(-c2ccc(C(=O)O)cc2)c1. The highest BCUT2D eigenvalue weighted by molar-refractivity contribution is 6.42. The van der Waals surface area contributed by atoms with Gasteiger partial charge in [-0.25, -0.2) is 4.79 Å². The molecule has 1 unspecified atom stereocenters. The average molecular weight is 598 g/mol. The van der Waals surface area contributed by atoms with E-state index in [2.05, 4.69) is 4.90 Å². The maximum atomic E-state index is 13.8. The summed E-state index contributed by atoms with van der Waals surface area (Å²) < 4.78 is 11.0. The third-order valence-corrected chi connectivity index (χ3v) is 8.09. The Morgan fingerprint density at radius 1 is 1.00 bits per heavy atom. The van der Waals surface area contributed by atoms with E-state index in [0.29, 0.717) is 36.2 Å². The molecule has 2 amide bonds. The fourth-order valence-electron chi connectivity index (χ4n) is 5.00. The summed E-state index contributed by atoms with van der Waals surface area (Å²) in [7, 11) is 1.74. The molecular formula is C30H29Cl2N3O6. The molecule has 9 nitrogen and oxygen atoms in total. The fraction of sp³-hybridized carbons (Fsp3) is 0.300. The molecule has 0 bridgehead atoms. The number of nitrogens with zero attached hydrogens (tertiary/aromatic N) is 3. The molecular weight excluding hydrogens is 569 g/mol. The normalized spacial score (nSPS) is 16.1. The highest BCUT2D eigenvalue weighted by atomic mass is 35.5. The van der Waals surface area contributed by atoms with Crippen molar-refractivity contribution in [2.75, 3.05) is 57.9 Å². The number of rotatable bonds is 8. The van der Waals surface area contributed by atoms with Gasteiger partial charge in [-0.05, 0) is 41.0 Å². The van der Waals surface area contributed by atoms with Gasteiger partial charge in [-0.15, -0.1) is 0 Å². The van der Waals surface area contributed by atoms with E-state index in [0.717, 1.165) is 29.8 Å². The number of morpholine rings is 1. The van der Waals surface area contributed by atoms with Crippen molar-refractivity contribution in [3.63, 3.8) is 0 Å². The van der Waals surface area contributed by atoms with Crippen molar-refractivity contribution in [3.05, 3.63) is 81.8 Å². The Balaban J connectivity index is 1.43. The molecule has 3 aromatic carbocycles. The van der Waals surface area contributed by atoms with Crippen molar-refractivity contribution < 1.29 is 29.0 Å². The van der Waals surface area contributed by atoms with E-state index < -0.39 is 5.97 Å².